The minimum absolute atomic E-state index is 0.0628. The molecular formula is C12H22N2O. The Balaban J connectivity index is 2.00. The molecule has 2 rings (SSSR count). The van der Waals surface area contributed by atoms with Crippen molar-refractivity contribution in [1.29, 1.82) is 0 Å². The van der Waals surface area contributed by atoms with Crippen LogP contribution in [0.5, 0.6) is 0 Å². The van der Waals surface area contributed by atoms with Gasteiger partial charge in [-0.2, -0.15) is 0 Å². The predicted molar refractivity (Wildman–Crippen MR) is 60.3 cm³/mol. The average molecular weight is 210 g/mol. The molecule has 0 bridgehead atoms. The quantitative estimate of drug-likeness (QED) is 0.767. The number of carbonyl (C=O) groups is 1. The summed E-state index contributed by atoms with van der Waals surface area (Å²) in [5.41, 5.74) is 0. The number of hydrogen-bond donors (Lipinski definition) is 1. The molecule has 2 fully saturated rings. The van der Waals surface area contributed by atoms with Crippen molar-refractivity contribution in [1.82, 2.24) is 10.2 Å². The van der Waals surface area contributed by atoms with Crippen LogP contribution in [0, 0.1) is 11.8 Å². The lowest BCUT2D eigenvalue weighted by atomic mass is 10.0. The Bertz CT molecular complexity index is 264. The van der Waals surface area contributed by atoms with Gasteiger partial charge in [0.15, 0.2) is 0 Å². The number of hydrogen-bond acceptors (Lipinski definition) is 2. The molecule has 0 aromatic carbocycles. The summed E-state index contributed by atoms with van der Waals surface area (Å²) >= 11 is 0. The summed E-state index contributed by atoms with van der Waals surface area (Å²) in [4.78, 5) is 14.2. The SMILES string of the molecule is CC(C)CC1NC(C)N(C2CC2C)C1=O. The zero-order chi connectivity index (χ0) is 11.2. The Morgan fingerprint density at radius 3 is 2.53 bits per heavy atom. The monoisotopic (exact) mass is 210 g/mol. The van der Waals surface area contributed by atoms with Gasteiger partial charge in [0.05, 0.1) is 12.2 Å². The fourth-order valence-electron chi connectivity index (χ4n) is 2.59. The Morgan fingerprint density at radius 1 is 1.47 bits per heavy atom. The zero-order valence-electron chi connectivity index (χ0n) is 10.2. The molecule has 1 N–H and O–H groups in total. The van der Waals surface area contributed by atoms with Crippen molar-refractivity contribution in [3.8, 4) is 0 Å². The first-order valence-electron chi connectivity index (χ1n) is 6.09. The molecule has 1 saturated heterocycles. The smallest absolute Gasteiger partial charge is 0.241 e. The molecule has 1 amide bonds. The molecule has 1 aliphatic heterocycles. The second kappa shape index (κ2) is 3.78. The van der Waals surface area contributed by atoms with Crippen molar-refractivity contribution in [2.75, 3.05) is 0 Å². The number of nitrogens with one attached hydrogen (secondary N) is 1. The van der Waals surface area contributed by atoms with Crippen molar-refractivity contribution in [3.05, 3.63) is 0 Å². The first-order valence-corrected chi connectivity index (χ1v) is 6.09. The third kappa shape index (κ3) is 2.03. The highest BCUT2D eigenvalue weighted by molar-refractivity contribution is 5.84. The molecule has 4 atom stereocenters. The molecule has 0 aromatic heterocycles. The van der Waals surface area contributed by atoms with Gasteiger partial charge in [-0.3, -0.25) is 10.1 Å². The summed E-state index contributed by atoms with van der Waals surface area (Å²) in [5.74, 6) is 1.61. The van der Waals surface area contributed by atoms with Crippen molar-refractivity contribution in [2.45, 2.75) is 58.8 Å². The van der Waals surface area contributed by atoms with E-state index in [2.05, 4.69) is 37.9 Å². The minimum atomic E-state index is 0.0628. The maximum absolute atomic E-state index is 12.1. The maximum atomic E-state index is 12.1. The summed E-state index contributed by atoms with van der Waals surface area (Å²) in [6.07, 6.45) is 2.38. The van der Waals surface area contributed by atoms with Gasteiger partial charge in [0.25, 0.3) is 0 Å². The third-order valence-electron chi connectivity index (χ3n) is 3.54. The first-order chi connectivity index (χ1) is 7.00. The van der Waals surface area contributed by atoms with Crippen molar-refractivity contribution >= 4 is 5.91 Å². The van der Waals surface area contributed by atoms with E-state index in [-0.39, 0.29) is 12.2 Å². The van der Waals surface area contributed by atoms with Gasteiger partial charge in [0.1, 0.15) is 0 Å². The van der Waals surface area contributed by atoms with Crippen molar-refractivity contribution in [2.24, 2.45) is 11.8 Å². The van der Waals surface area contributed by atoms with Crippen LogP contribution in [0.2, 0.25) is 0 Å². The van der Waals surface area contributed by atoms with E-state index < -0.39 is 0 Å². The molecule has 0 aromatic rings. The van der Waals surface area contributed by atoms with Gasteiger partial charge >= 0.3 is 0 Å². The highest BCUT2D eigenvalue weighted by Gasteiger charge is 2.48. The van der Waals surface area contributed by atoms with Gasteiger partial charge in [0, 0.05) is 6.04 Å². The predicted octanol–water partition coefficient (Wildman–Crippen LogP) is 1.59. The molecule has 1 saturated carbocycles. The number of rotatable bonds is 3. The van der Waals surface area contributed by atoms with E-state index in [0.717, 1.165) is 6.42 Å². The van der Waals surface area contributed by atoms with E-state index in [1.165, 1.54) is 6.42 Å². The first kappa shape index (κ1) is 10.9. The second-order valence-corrected chi connectivity index (χ2v) is 5.55. The Kier molecular flexibility index (Phi) is 2.75. The molecular weight excluding hydrogens is 188 g/mol. The standard InChI is InChI=1S/C12H22N2O/c1-7(2)5-10-12(15)14(9(4)13-10)11-6-8(11)3/h7-11,13H,5-6H2,1-4H3. The topological polar surface area (TPSA) is 32.3 Å². The molecule has 3 nitrogen and oxygen atoms in total. The fourth-order valence-corrected chi connectivity index (χ4v) is 2.59. The largest absolute Gasteiger partial charge is 0.323 e. The van der Waals surface area contributed by atoms with Gasteiger partial charge < -0.3 is 4.90 Å². The van der Waals surface area contributed by atoms with E-state index in [0.29, 0.717) is 23.8 Å². The van der Waals surface area contributed by atoms with Crippen LogP contribution in [-0.2, 0) is 4.79 Å². The summed E-state index contributed by atoms with van der Waals surface area (Å²) < 4.78 is 0. The van der Waals surface area contributed by atoms with Gasteiger partial charge in [-0.1, -0.05) is 20.8 Å². The van der Waals surface area contributed by atoms with Crippen LogP contribution in [0.15, 0.2) is 0 Å². The van der Waals surface area contributed by atoms with E-state index >= 15 is 0 Å². The molecule has 0 spiro atoms. The van der Waals surface area contributed by atoms with E-state index in [9.17, 15) is 4.79 Å². The lowest BCUT2D eigenvalue weighted by Crippen LogP contribution is -2.37. The minimum Gasteiger partial charge on any atom is -0.323 e. The summed E-state index contributed by atoms with van der Waals surface area (Å²) in [7, 11) is 0. The van der Waals surface area contributed by atoms with Crippen LogP contribution in [0.4, 0.5) is 0 Å². The highest BCUT2D eigenvalue weighted by Crippen LogP contribution is 2.38. The summed E-state index contributed by atoms with van der Waals surface area (Å²) in [5, 5.41) is 3.40. The molecule has 0 radical (unpaired) electrons. The van der Waals surface area contributed by atoms with Gasteiger partial charge in [-0.05, 0) is 31.6 Å². The Labute approximate surface area is 92.2 Å². The van der Waals surface area contributed by atoms with Crippen LogP contribution in [-0.4, -0.2) is 29.1 Å². The van der Waals surface area contributed by atoms with Crippen molar-refractivity contribution in [3.63, 3.8) is 0 Å². The van der Waals surface area contributed by atoms with Gasteiger partial charge in [-0.25, -0.2) is 0 Å². The van der Waals surface area contributed by atoms with Crippen LogP contribution in [0.25, 0.3) is 0 Å². The van der Waals surface area contributed by atoms with Crippen LogP contribution < -0.4 is 5.32 Å². The maximum Gasteiger partial charge on any atom is 0.241 e. The van der Waals surface area contributed by atoms with Crippen LogP contribution in [0.1, 0.15) is 40.5 Å². The normalized spacial score (nSPS) is 40.3. The second-order valence-electron chi connectivity index (χ2n) is 5.55. The number of amides is 1. The summed E-state index contributed by atoms with van der Waals surface area (Å²) in [6.45, 7) is 8.66. The Hall–Kier alpha value is -0.570. The van der Waals surface area contributed by atoms with E-state index in [4.69, 9.17) is 0 Å². The molecule has 4 unspecified atom stereocenters. The van der Waals surface area contributed by atoms with Gasteiger partial charge in [0.2, 0.25) is 5.91 Å². The molecule has 2 aliphatic rings. The average Bonchev–Trinajstić information content (AvgIpc) is 2.74. The number of nitrogens with zero attached hydrogens (tertiary/aromatic N) is 1. The Morgan fingerprint density at radius 2 is 2.07 bits per heavy atom. The van der Waals surface area contributed by atoms with Crippen LogP contribution in [0.3, 0.4) is 0 Å². The molecule has 1 aliphatic carbocycles. The van der Waals surface area contributed by atoms with Crippen molar-refractivity contribution < 1.29 is 4.79 Å². The molecule has 3 heteroatoms. The highest BCUT2D eigenvalue weighted by atomic mass is 16.2. The lowest BCUT2D eigenvalue weighted by Gasteiger charge is -2.20. The zero-order valence-corrected chi connectivity index (χ0v) is 10.2. The fraction of sp³-hybridized carbons (Fsp3) is 0.917. The third-order valence-corrected chi connectivity index (χ3v) is 3.54. The molecule has 1 heterocycles. The lowest BCUT2D eigenvalue weighted by molar-refractivity contribution is -0.130. The molecule has 86 valence electrons. The van der Waals surface area contributed by atoms with Gasteiger partial charge in [-0.15, -0.1) is 0 Å². The number of carbonyl (C=O) groups excluding carboxylic acids is 1. The molecule has 15 heavy (non-hydrogen) atoms. The summed E-state index contributed by atoms with van der Waals surface area (Å²) in [6, 6.07) is 0.574. The van der Waals surface area contributed by atoms with Crippen LogP contribution >= 0.6 is 0 Å². The van der Waals surface area contributed by atoms with E-state index in [1.807, 2.05) is 0 Å². The van der Waals surface area contributed by atoms with E-state index in [1.54, 1.807) is 0 Å².